The molecule has 18 heavy (non-hydrogen) atoms. The number of halogens is 3. The first-order valence-electron chi connectivity index (χ1n) is 5.85. The zero-order chi connectivity index (χ0) is 13.0. The van der Waals surface area contributed by atoms with Crippen molar-refractivity contribution in [1.82, 2.24) is 0 Å². The van der Waals surface area contributed by atoms with Gasteiger partial charge in [-0.05, 0) is 17.9 Å². The van der Waals surface area contributed by atoms with Gasteiger partial charge in [-0.3, -0.25) is 0 Å². The fourth-order valence-corrected chi connectivity index (χ4v) is 1.89. The van der Waals surface area contributed by atoms with Crippen molar-refractivity contribution in [3.8, 4) is 0 Å². The first-order chi connectivity index (χ1) is 8.56. The summed E-state index contributed by atoms with van der Waals surface area (Å²) in [4.78, 5) is 0. The minimum absolute atomic E-state index is 0.0900. The highest BCUT2D eigenvalue weighted by Crippen LogP contribution is 2.24. The predicted molar refractivity (Wildman–Crippen MR) is 67.7 cm³/mol. The van der Waals surface area contributed by atoms with Crippen molar-refractivity contribution in [2.45, 2.75) is 19.0 Å². The van der Waals surface area contributed by atoms with Gasteiger partial charge >= 0.3 is 6.18 Å². The average molecular weight is 253 g/mol. The Morgan fingerprint density at radius 1 is 0.944 bits per heavy atom. The molecule has 0 aliphatic heterocycles. The van der Waals surface area contributed by atoms with Crippen LogP contribution in [0.4, 0.5) is 18.9 Å². The Morgan fingerprint density at radius 3 is 2.44 bits per heavy atom. The lowest BCUT2D eigenvalue weighted by molar-refractivity contribution is -0.134. The average Bonchev–Trinajstić information content (AvgIpc) is 2.33. The van der Waals surface area contributed by atoms with Crippen molar-refractivity contribution in [3.63, 3.8) is 0 Å². The van der Waals surface area contributed by atoms with Gasteiger partial charge in [0.05, 0.1) is 0 Å². The van der Waals surface area contributed by atoms with Crippen molar-refractivity contribution in [3.05, 3.63) is 42.5 Å². The lowest BCUT2D eigenvalue weighted by Crippen LogP contribution is -2.11. The summed E-state index contributed by atoms with van der Waals surface area (Å²) in [7, 11) is 0. The molecule has 96 valence electrons. The smallest absolute Gasteiger partial charge is 0.385 e. The van der Waals surface area contributed by atoms with E-state index in [0.29, 0.717) is 6.54 Å². The van der Waals surface area contributed by atoms with Gasteiger partial charge in [0.1, 0.15) is 0 Å². The van der Waals surface area contributed by atoms with Crippen LogP contribution in [-0.2, 0) is 0 Å². The molecule has 0 unspecified atom stereocenters. The van der Waals surface area contributed by atoms with E-state index in [4.69, 9.17) is 0 Å². The number of nitrogens with one attached hydrogen (secondary N) is 1. The maximum absolute atomic E-state index is 12.0. The topological polar surface area (TPSA) is 12.0 Å². The molecule has 4 heteroatoms. The summed E-state index contributed by atoms with van der Waals surface area (Å²) in [6, 6.07) is 13.6. The summed E-state index contributed by atoms with van der Waals surface area (Å²) < 4.78 is 36.0. The molecular formula is C14H14F3N. The van der Waals surface area contributed by atoms with E-state index in [2.05, 4.69) is 5.32 Å². The molecule has 0 aromatic heterocycles. The highest BCUT2D eigenvalue weighted by molar-refractivity contribution is 5.93. The SMILES string of the molecule is FC(F)(F)CCCNc1cccc2ccccc12. The van der Waals surface area contributed by atoms with Crippen LogP contribution in [0.2, 0.25) is 0 Å². The fraction of sp³-hybridized carbons (Fsp3) is 0.286. The summed E-state index contributed by atoms with van der Waals surface area (Å²) in [5, 5.41) is 5.18. The van der Waals surface area contributed by atoms with Crippen LogP contribution in [0.25, 0.3) is 10.8 Å². The summed E-state index contributed by atoms with van der Waals surface area (Å²) in [6.45, 7) is 0.327. The van der Waals surface area contributed by atoms with Crippen LogP contribution in [0.15, 0.2) is 42.5 Å². The van der Waals surface area contributed by atoms with Crippen LogP contribution < -0.4 is 5.32 Å². The normalized spacial score (nSPS) is 11.7. The molecule has 0 saturated heterocycles. The van der Waals surface area contributed by atoms with Gasteiger partial charge < -0.3 is 5.32 Å². The van der Waals surface area contributed by atoms with E-state index in [1.54, 1.807) is 0 Å². The van der Waals surface area contributed by atoms with Crippen LogP contribution in [0.5, 0.6) is 0 Å². The number of rotatable bonds is 4. The van der Waals surface area contributed by atoms with Gasteiger partial charge in [-0.1, -0.05) is 36.4 Å². The number of fused-ring (bicyclic) bond motifs is 1. The Bertz CT molecular complexity index is 514. The Labute approximate surface area is 104 Å². The minimum Gasteiger partial charge on any atom is -0.385 e. The lowest BCUT2D eigenvalue weighted by atomic mass is 10.1. The van der Waals surface area contributed by atoms with Gasteiger partial charge in [-0.2, -0.15) is 13.2 Å². The number of hydrogen-bond donors (Lipinski definition) is 1. The summed E-state index contributed by atoms with van der Waals surface area (Å²) >= 11 is 0. The molecule has 0 radical (unpaired) electrons. The molecule has 0 aliphatic carbocycles. The van der Waals surface area contributed by atoms with Gasteiger partial charge in [-0.25, -0.2) is 0 Å². The first kappa shape index (κ1) is 12.7. The number of anilines is 1. The molecule has 1 N–H and O–H groups in total. The zero-order valence-corrected chi connectivity index (χ0v) is 9.80. The van der Waals surface area contributed by atoms with Gasteiger partial charge in [-0.15, -0.1) is 0 Å². The second-order valence-corrected chi connectivity index (χ2v) is 4.17. The third kappa shape index (κ3) is 3.39. The van der Waals surface area contributed by atoms with E-state index in [0.717, 1.165) is 16.5 Å². The first-order valence-corrected chi connectivity index (χ1v) is 5.85. The van der Waals surface area contributed by atoms with E-state index >= 15 is 0 Å². The van der Waals surface area contributed by atoms with E-state index in [1.807, 2.05) is 42.5 Å². The summed E-state index contributed by atoms with van der Waals surface area (Å²) in [5.74, 6) is 0. The molecular weight excluding hydrogens is 239 g/mol. The fourth-order valence-electron chi connectivity index (χ4n) is 1.89. The van der Waals surface area contributed by atoms with Gasteiger partial charge in [0.15, 0.2) is 0 Å². The quantitative estimate of drug-likeness (QED) is 0.785. The third-order valence-electron chi connectivity index (χ3n) is 2.74. The maximum Gasteiger partial charge on any atom is 0.389 e. The maximum atomic E-state index is 12.0. The van der Waals surface area contributed by atoms with Gasteiger partial charge in [0.2, 0.25) is 0 Å². The number of benzene rings is 2. The Hall–Kier alpha value is -1.71. The van der Waals surface area contributed by atoms with Crippen LogP contribution in [0, 0.1) is 0 Å². The molecule has 0 heterocycles. The van der Waals surface area contributed by atoms with Crippen molar-refractivity contribution >= 4 is 16.5 Å². The minimum atomic E-state index is -4.07. The van der Waals surface area contributed by atoms with E-state index in [-0.39, 0.29) is 6.42 Å². The highest BCUT2D eigenvalue weighted by Gasteiger charge is 2.25. The van der Waals surface area contributed by atoms with E-state index in [9.17, 15) is 13.2 Å². The standard InChI is InChI=1S/C14H14F3N/c15-14(16,17)9-4-10-18-13-8-3-6-11-5-1-2-7-12(11)13/h1-3,5-8,18H,4,9-10H2. The number of alkyl halides is 3. The molecule has 0 bridgehead atoms. The molecule has 0 aliphatic rings. The second kappa shape index (κ2) is 5.29. The largest absolute Gasteiger partial charge is 0.389 e. The Balaban J connectivity index is 2.00. The predicted octanol–water partition coefficient (Wildman–Crippen LogP) is 4.59. The third-order valence-corrected chi connectivity index (χ3v) is 2.74. The highest BCUT2D eigenvalue weighted by atomic mass is 19.4. The van der Waals surface area contributed by atoms with Crippen molar-refractivity contribution < 1.29 is 13.2 Å². The lowest BCUT2D eigenvalue weighted by Gasteiger charge is -2.10. The molecule has 2 aromatic rings. The summed E-state index contributed by atoms with van der Waals surface area (Å²) in [6.07, 6.45) is -4.72. The van der Waals surface area contributed by atoms with Crippen molar-refractivity contribution in [2.24, 2.45) is 0 Å². The van der Waals surface area contributed by atoms with Crippen LogP contribution in [-0.4, -0.2) is 12.7 Å². The molecule has 1 nitrogen and oxygen atoms in total. The number of hydrogen-bond acceptors (Lipinski definition) is 1. The van der Waals surface area contributed by atoms with E-state index < -0.39 is 12.6 Å². The molecule has 0 fully saturated rings. The van der Waals surface area contributed by atoms with Crippen LogP contribution >= 0.6 is 0 Å². The second-order valence-electron chi connectivity index (χ2n) is 4.17. The molecule has 2 rings (SSSR count). The molecule has 0 spiro atoms. The van der Waals surface area contributed by atoms with Crippen LogP contribution in [0.1, 0.15) is 12.8 Å². The van der Waals surface area contributed by atoms with Crippen molar-refractivity contribution in [1.29, 1.82) is 0 Å². The van der Waals surface area contributed by atoms with Crippen molar-refractivity contribution in [2.75, 3.05) is 11.9 Å². The van der Waals surface area contributed by atoms with Gasteiger partial charge in [0.25, 0.3) is 0 Å². The van der Waals surface area contributed by atoms with Gasteiger partial charge in [0, 0.05) is 24.0 Å². The zero-order valence-electron chi connectivity index (χ0n) is 9.80. The van der Waals surface area contributed by atoms with Crippen LogP contribution in [0.3, 0.4) is 0 Å². The molecule has 0 saturated carbocycles. The van der Waals surface area contributed by atoms with E-state index in [1.165, 1.54) is 0 Å². The molecule has 0 atom stereocenters. The monoisotopic (exact) mass is 253 g/mol. The Morgan fingerprint density at radius 2 is 1.67 bits per heavy atom. The molecule has 0 amide bonds. The summed E-state index contributed by atoms with van der Waals surface area (Å²) in [5.41, 5.74) is 0.885. The Kier molecular flexibility index (Phi) is 3.75. The molecule has 2 aromatic carbocycles.